The second-order valence-electron chi connectivity index (χ2n) is 13.0. The van der Waals surface area contributed by atoms with E-state index in [-0.39, 0.29) is 41.1 Å². The van der Waals surface area contributed by atoms with Crippen LogP contribution in [0.1, 0.15) is 48.3 Å². The number of halogens is 8. The number of rotatable bonds is 4. The Morgan fingerprint density at radius 1 is 0.860 bits per heavy atom. The van der Waals surface area contributed by atoms with Crippen molar-refractivity contribution in [1.29, 1.82) is 0 Å². The molecule has 1 saturated carbocycles. The summed E-state index contributed by atoms with van der Waals surface area (Å²) in [5, 5.41) is 9.36. The van der Waals surface area contributed by atoms with Crippen LogP contribution in [0, 0.1) is 34.9 Å². The van der Waals surface area contributed by atoms with Gasteiger partial charge < -0.3 is 9.52 Å². The van der Waals surface area contributed by atoms with Gasteiger partial charge in [0, 0.05) is 0 Å². The maximum Gasteiger partial charge on any atom is 0.416 e. The van der Waals surface area contributed by atoms with Gasteiger partial charge in [0.2, 0.25) is 23.6 Å². The monoisotopic (exact) mass is 724 g/mol. The van der Waals surface area contributed by atoms with Crippen LogP contribution in [-0.4, -0.2) is 28.7 Å². The van der Waals surface area contributed by atoms with Crippen molar-refractivity contribution in [3.05, 3.63) is 93.7 Å². The molecule has 50 heavy (non-hydrogen) atoms. The van der Waals surface area contributed by atoms with Crippen LogP contribution in [0.15, 0.2) is 64.6 Å². The highest BCUT2D eigenvalue weighted by Gasteiger charge is 2.68. The van der Waals surface area contributed by atoms with Crippen molar-refractivity contribution in [1.82, 2.24) is 0 Å². The van der Waals surface area contributed by atoms with Gasteiger partial charge in [-0.3, -0.25) is 19.2 Å². The largest absolute Gasteiger partial charge is 0.463 e. The Morgan fingerprint density at radius 3 is 2.10 bits per heavy atom. The molecule has 3 heterocycles. The maximum atomic E-state index is 14.3. The first kappa shape index (κ1) is 34.0. The van der Waals surface area contributed by atoms with Crippen LogP contribution in [0.4, 0.5) is 42.1 Å². The van der Waals surface area contributed by atoms with Gasteiger partial charge in [-0.05, 0) is 74.2 Å². The predicted molar refractivity (Wildman–Crippen MR) is 160 cm³/mol. The summed E-state index contributed by atoms with van der Waals surface area (Å²) in [7, 11) is 0. The number of nitrogens with zero attached hydrogens (tertiary/aromatic N) is 2. The van der Waals surface area contributed by atoms with E-state index in [0.717, 1.165) is 17.0 Å². The topological polar surface area (TPSA) is 108 Å². The molecule has 2 aliphatic carbocycles. The fraction of sp³-hybridized carbons (Fsp3) is 0.353. The van der Waals surface area contributed by atoms with E-state index in [9.17, 15) is 55.0 Å². The average Bonchev–Trinajstić information content (AvgIpc) is 3.68. The normalized spacial score (nSPS) is 28.2. The van der Waals surface area contributed by atoms with Gasteiger partial charge in [-0.1, -0.05) is 23.3 Å². The van der Waals surface area contributed by atoms with Gasteiger partial charge in [-0.25, -0.2) is 14.2 Å². The van der Waals surface area contributed by atoms with Crippen molar-refractivity contribution >= 4 is 46.6 Å². The first-order valence-corrected chi connectivity index (χ1v) is 15.7. The fourth-order valence-electron chi connectivity index (χ4n) is 8.14. The number of anilines is 2. The van der Waals surface area contributed by atoms with Crippen LogP contribution in [0.3, 0.4) is 0 Å². The van der Waals surface area contributed by atoms with E-state index in [1.165, 1.54) is 25.1 Å². The Hall–Kier alpha value is -4.50. The zero-order valence-corrected chi connectivity index (χ0v) is 26.4. The first-order valence-electron chi connectivity index (χ1n) is 15.3. The van der Waals surface area contributed by atoms with E-state index in [1.54, 1.807) is 6.08 Å². The second kappa shape index (κ2) is 11.3. The molecular weight excluding hydrogens is 701 g/mol. The predicted octanol–water partition coefficient (Wildman–Crippen LogP) is 7.04. The summed E-state index contributed by atoms with van der Waals surface area (Å²) in [6.45, 7) is 0.999. The molecule has 3 aromatic rings. The summed E-state index contributed by atoms with van der Waals surface area (Å²) < 4.78 is 102. The molecule has 1 N–H and O–H groups in total. The summed E-state index contributed by atoms with van der Waals surface area (Å²) >= 11 is 5.97. The van der Waals surface area contributed by atoms with Gasteiger partial charge in [-0.15, -0.1) is 0 Å². The molecule has 8 nitrogen and oxygen atoms in total. The van der Waals surface area contributed by atoms with Gasteiger partial charge >= 0.3 is 12.4 Å². The number of furan rings is 1. The second-order valence-corrected chi connectivity index (χ2v) is 13.4. The number of carbonyl (C=O) groups excluding carboxylic acids is 4. The van der Waals surface area contributed by atoms with E-state index >= 15 is 0 Å². The number of allylic oxidation sites excluding steroid dienone is 2. The minimum atomic E-state index is -5.24. The third-order valence-corrected chi connectivity index (χ3v) is 10.7. The highest BCUT2D eigenvalue weighted by molar-refractivity contribution is 6.32. The Bertz CT molecular complexity index is 1990. The number of imide groups is 2. The number of benzene rings is 2. The van der Waals surface area contributed by atoms with Gasteiger partial charge in [0.05, 0.1) is 56.6 Å². The summed E-state index contributed by atoms with van der Waals surface area (Å²) in [4.78, 5) is 57.6. The fourth-order valence-corrected chi connectivity index (χ4v) is 8.32. The minimum absolute atomic E-state index is 0.0330. The van der Waals surface area contributed by atoms with Crippen molar-refractivity contribution in [3.8, 4) is 0 Å². The molecule has 0 radical (unpaired) electrons. The highest BCUT2D eigenvalue weighted by Crippen LogP contribution is 2.64. The molecule has 2 aliphatic heterocycles. The smallest absolute Gasteiger partial charge is 0.416 e. The molecule has 262 valence electrons. The van der Waals surface area contributed by atoms with E-state index in [0.29, 0.717) is 22.6 Å². The zero-order chi connectivity index (χ0) is 36.2. The molecule has 0 unspecified atom stereocenters. The quantitative estimate of drug-likeness (QED) is 0.176. The molecule has 6 atom stereocenters. The minimum Gasteiger partial charge on any atom is -0.463 e. The number of carbonyl (C=O) groups is 4. The third kappa shape index (κ3) is 4.91. The number of amides is 4. The Morgan fingerprint density at radius 2 is 1.52 bits per heavy atom. The molecule has 16 heteroatoms. The lowest BCUT2D eigenvalue weighted by Gasteiger charge is -2.48. The van der Waals surface area contributed by atoms with E-state index in [4.69, 9.17) is 16.0 Å². The molecular formula is C34H24ClF7N2O6. The number of fused-ring (bicyclic) bond motifs is 4. The Kier molecular flexibility index (Phi) is 7.65. The van der Waals surface area contributed by atoms with E-state index in [1.807, 2.05) is 0 Å². The number of aliphatic hydroxyl groups is 1. The van der Waals surface area contributed by atoms with E-state index in [2.05, 4.69) is 0 Å². The summed E-state index contributed by atoms with van der Waals surface area (Å²) in [5.41, 5.74) is -5.54. The van der Waals surface area contributed by atoms with Crippen LogP contribution in [0.2, 0.25) is 5.02 Å². The molecule has 2 saturated heterocycles. The molecule has 4 aliphatic rings. The molecule has 0 bridgehead atoms. The maximum absolute atomic E-state index is 14.3. The van der Waals surface area contributed by atoms with Gasteiger partial charge in [0.1, 0.15) is 23.9 Å². The number of alkyl halides is 6. The average molecular weight is 725 g/mol. The van der Waals surface area contributed by atoms with Gasteiger partial charge in [-0.2, -0.15) is 26.3 Å². The van der Waals surface area contributed by atoms with Crippen LogP contribution in [0.25, 0.3) is 0 Å². The zero-order valence-electron chi connectivity index (χ0n) is 25.6. The Labute approximate surface area is 283 Å². The molecule has 1 aromatic heterocycles. The van der Waals surface area contributed by atoms with E-state index < -0.39 is 100 Å². The van der Waals surface area contributed by atoms with Gasteiger partial charge in [0.15, 0.2) is 0 Å². The van der Waals surface area contributed by atoms with Crippen molar-refractivity contribution in [2.75, 3.05) is 9.80 Å². The lowest BCUT2D eigenvalue weighted by molar-refractivity contribution is -0.143. The summed E-state index contributed by atoms with van der Waals surface area (Å²) in [6, 6.07) is 6.69. The molecule has 3 fully saturated rings. The van der Waals surface area contributed by atoms with Crippen LogP contribution >= 0.6 is 11.6 Å². The highest BCUT2D eigenvalue weighted by atomic mass is 35.5. The summed E-state index contributed by atoms with van der Waals surface area (Å²) in [6.07, 6.45) is -9.25. The lowest BCUT2D eigenvalue weighted by Crippen LogP contribution is -2.48. The standard InChI is InChI=1S/C34H24ClF7N2O6/c1-32-22(29(47)44(31(32)49)16-2-6-24(36)23(35)11-16)12-21-19(27(32)25-7-3-18(13-45)50-25)4-5-20-26(21)30(48)43(28(20)46)17-9-14(33(37,38)39)8-15(10-17)34(40,41)42/h2-4,6-11,20-22,26-27,45H,5,12-13H2,1H3/t20-,21+,22-,26-,27+,32+/m0/s1. The van der Waals surface area contributed by atoms with Crippen molar-refractivity contribution in [3.63, 3.8) is 0 Å². The number of aliphatic hydroxyl groups excluding tert-OH is 1. The van der Waals surface area contributed by atoms with Crippen LogP contribution < -0.4 is 9.80 Å². The van der Waals surface area contributed by atoms with Crippen molar-refractivity contribution in [2.24, 2.45) is 29.1 Å². The molecule has 2 aromatic carbocycles. The molecule has 4 amide bonds. The number of hydrogen-bond acceptors (Lipinski definition) is 6. The Balaban J connectivity index is 1.34. The molecule has 7 rings (SSSR count). The first-order chi connectivity index (χ1) is 23.4. The van der Waals surface area contributed by atoms with Crippen LogP contribution in [-0.2, 0) is 38.1 Å². The SMILES string of the molecule is C[C@@]12C(=O)N(c3ccc(F)c(Cl)c3)C(=O)[C@@H]1C[C@@H]1C(=CC[C@@H]3C(=O)N(c4cc(C(F)(F)F)cc(C(F)(F)F)c4)C(=O)[C@@H]31)[C@@H]2c1ccc(CO)o1. The van der Waals surface area contributed by atoms with Crippen molar-refractivity contribution < 1.29 is 59.4 Å². The third-order valence-electron chi connectivity index (χ3n) is 10.4. The van der Waals surface area contributed by atoms with Gasteiger partial charge in [0.25, 0.3) is 0 Å². The molecule has 0 spiro atoms. The lowest BCUT2D eigenvalue weighted by atomic mass is 9.52. The van der Waals surface area contributed by atoms with Crippen molar-refractivity contribution in [2.45, 2.75) is 44.6 Å². The number of hydrogen-bond donors (Lipinski definition) is 1. The van der Waals surface area contributed by atoms with Crippen LogP contribution in [0.5, 0.6) is 0 Å². The summed E-state index contributed by atoms with van der Waals surface area (Å²) in [5.74, 6) is -9.81.